The maximum absolute atomic E-state index is 11.0. The average molecular weight is 326 g/mol. The molecule has 0 aliphatic carbocycles. The van der Waals surface area contributed by atoms with E-state index in [-0.39, 0.29) is 5.91 Å². The molecule has 5 heteroatoms. The fourth-order valence-electron chi connectivity index (χ4n) is 2.67. The third-order valence-electron chi connectivity index (χ3n) is 3.71. The molecule has 1 aromatic carbocycles. The normalized spacial score (nSPS) is 16.6. The van der Waals surface area contributed by atoms with Crippen molar-refractivity contribution >= 4 is 27.5 Å². The van der Waals surface area contributed by atoms with Crippen molar-refractivity contribution in [3.05, 3.63) is 28.2 Å². The molecule has 1 heterocycles. The van der Waals surface area contributed by atoms with Gasteiger partial charge in [-0.05, 0) is 36.5 Å². The summed E-state index contributed by atoms with van der Waals surface area (Å²) < 4.78 is 1.07. The molecule has 4 N–H and O–H groups in total. The van der Waals surface area contributed by atoms with E-state index in [0.29, 0.717) is 18.9 Å². The molecule has 0 radical (unpaired) electrons. The zero-order valence-electron chi connectivity index (χ0n) is 10.9. The first-order valence-corrected chi connectivity index (χ1v) is 7.41. The second kappa shape index (κ2) is 6.39. The Labute approximate surface area is 122 Å². The number of anilines is 1. The van der Waals surface area contributed by atoms with Gasteiger partial charge in [-0.3, -0.25) is 4.79 Å². The highest BCUT2D eigenvalue weighted by molar-refractivity contribution is 9.10. The minimum Gasteiger partial charge on any atom is -0.371 e. The molecule has 1 aliphatic rings. The summed E-state index contributed by atoms with van der Waals surface area (Å²) in [7, 11) is 0. The highest BCUT2D eigenvalue weighted by atomic mass is 79.9. The molecule has 0 bridgehead atoms. The Morgan fingerprint density at radius 2 is 2.05 bits per heavy atom. The number of hydrogen-bond donors (Lipinski definition) is 2. The van der Waals surface area contributed by atoms with E-state index < -0.39 is 0 Å². The van der Waals surface area contributed by atoms with E-state index in [4.69, 9.17) is 11.5 Å². The summed E-state index contributed by atoms with van der Waals surface area (Å²) in [6, 6.07) is 6.21. The lowest BCUT2D eigenvalue weighted by Crippen LogP contribution is -2.35. The Kier molecular flexibility index (Phi) is 4.82. The molecule has 19 heavy (non-hydrogen) atoms. The van der Waals surface area contributed by atoms with Gasteiger partial charge < -0.3 is 16.4 Å². The molecular formula is C14H20BrN3O. The predicted octanol–water partition coefficient (Wildman–Crippen LogP) is 2.00. The van der Waals surface area contributed by atoms with Gasteiger partial charge in [0.1, 0.15) is 0 Å². The van der Waals surface area contributed by atoms with Crippen LogP contribution >= 0.6 is 15.9 Å². The standard InChI is InChI=1S/C14H20BrN3O/c15-12-2-1-11(9-16)13(8-12)18-5-3-10(4-6-18)7-14(17)19/h1-2,8,10H,3-7,9,16H2,(H2,17,19). The number of nitrogens with zero attached hydrogens (tertiary/aromatic N) is 1. The second-order valence-electron chi connectivity index (χ2n) is 5.08. The highest BCUT2D eigenvalue weighted by Gasteiger charge is 2.22. The van der Waals surface area contributed by atoms with Crippen LogP contribution in [-0.4, -0.2) is 19.0 Å². The topological polar surface area (TPSA) is 72.3 Å². The Hall–Kier alpha value is -1.07. The first kappa shape index (κ1) is 14.3. The third-order valence-corrected chi connectivity index (χ3v) is 4.21. The van der Waals surface area contributed by atoms with Crippen molar-refractivity contribution < 1.29 is 4.79 Å². The van der Waals surface area contributed by atoms with Crippen LogP contribution in [0.4, 0.5) is 5.69 Å². The minimum absolute atomic E-state index is 0.191. The molecular weight excluding hydrogens is 306 g/mol. The average Bonchev–Trinajstić information content (AvgIpc) is 2.39. The maximum atomic E-state index is 11.0. The third kappa shape index (κ3) is 3.70. The lowest BCUT2D eigenvalue weighted by atomic mass is 9.92. The fourth-order valence-corrected chi connectivity index (χ4v) is 3.02. The van der Waals surface area contributed by atoms with E-state index in [1.54, 1.807) is 0 Å². The van der Waals surface area contributed by atoms with Gasteiger partial charge in [0.25, 0.3) is 0 Å². The largest absolute Gasteiger partial charge is 0.371 e. The van der Waals surface area contributed by atoms with Gasteiger partial charge in [0.05, 0.1) is 0 Å². The molecule has 0 spiro atoms. The van der Waals surface area contributed by atoms with Crippen molar-refractivity contribution in [3.63, 3.8) is 0 Å². The summed E-state index contributed by atoms with van der Waals surface area (Å²) in [5.74, 6) is 0.241. The quantitative estimate of drug-likeness (QED) is 0.889. The van der Waals surface area contributed by atoms with E-state index in [2.05, 4.69) is 33.0 Å². The number of hydrogen-bond acceptors (Lipinski definition) is 3. The fraction of sp³-hybridized carbons (Fsp3) is 0.500. The molecule has 0 atom stereocenters. The van der Waals surface area contributed by atoms with Crippen LogP contribution in [0.3, 0.4) is 0 Å². The maximum Gasteiger partial charge on any atom is 0.217 e. The van der Waals surface area contributed by atoms with Gasteiger partial charge >= 0.3 is 0 Å². The van der Waals surface area contributed by atoms with Gasteiger partial charge in [0.15, 0.2) is 0 Å². The van der Waals surface area contributed by atoms with Gasteiger partial charge in [-0.15, -0.1) is 0 Å². The van der Waals surface area contributed by atoms with Gasteiger partial charge in [0.2, 0.25) is 5.91 Å². The molecule has 1 saturated heterocycles. The number of benzene rings is 1. The Morgan fingerprint density at radius 3 is 2.63 bits per heavy atom. The van der Waals surface area contributed by atoms with E-state index in [1.807, 2.05) is 6.07 Å². The van der Waals surface area contributed by atoms with E-state index in [1.165, 1.54) is 5.69 Å². The number of nitrogens with two attached hydrogens (primary N) is 2. The monoisotopic (exact) mass is 325 g/mol. The number of amides is 1. The van der Waals surface area contributed by atoms with Crippen LogP contribution < -0.4 is 16.4 Å². The number of rotatable bonds is 4. The molecule has 4 nitrogen and oxygen atoms in total. The summed E-state index contributed by atoms with van der Waals surface area (Å²) in [6.45, 7) is 2.46. The SMILES string of the molecule is NCc1ccc(Br)cc1N1CCC(CC(N)=O)CC1. The number of carbonyl (C=O) groups excluding carboxylic acids is 1. The number of primary amides is 1. The van der Waals surface area contributed by atoms with Crippen molar-refractivity contribution in [1.82, 2.24) is 0 Å². The minimum atomic E-state index is -0.191. The van der Waals surface area contributed by atoms with Crippen LogP contribution in [0.1, 0.15) is 24.8 Å². The lowest BCUT2D eigenvalue weighted by molar-refractivity contribution is -0.119. The number of halogens is 1. The zero-order chi connectivity index (χ0) is 13.8. The number of piperidine rings is 1. The molecule has 1 amide bonds. The van der Waals surface area contributed by atoms with Crippen molar-refractivity contribution in [3.8, 4) is 0 Å². The molecule has 1 aromatic rings. The van der Waals surface area contributed by atoms with Gasteiger partial charge in [-0.1, -0.05) is 22.0 Å². The molecule has 104 valence electrons. The Bertz CT molecular complexity index is 456. The smallest absolute Gasteiger partial charge is 0.217 e. The van der Waals surface area contributed by atoms with E-state index >= 15 is 0 Å². The van der Waals surface area contributed by atoms with Gasteiger partial charge in [0, 0.05) is 36.2 Å². The van der Waals surface area contributed by atoms with Crippen molar-refractivity contribution in [1.29, 1.82) is 0 Å². The highest BCUT2D eigenvalue weighted by Crippen LogP contribution is 2.29. The molecule has 0 saturated carbocycles. The number of carbonyl (C=O) groups is 1. The van der Waals surface area contributed by atoms with Crippen LogP contribution in [0.5, 0.6) is 0 Å². The summed E-state index contributed by atoms with van der Waals surface area (Å²) in [5.41, 5.74) is 13.4. The Balaban J connectivity index is 2.05. The van der Waals surface area contributed by atoms with Crippen molar-refractivity contribution in [2.45, 2.75) is 25.8 Å². The first-order chi connectivity index (χ1) is 9.10. The zero-order valence-corrected chi connectivity index (χ0v) is 12.5. The van der Waals surface area contributed by atoms with Crippen molar-refractivity contribution in [2.75, 3.05) is 18.0 Å². The Morgan fingerprint density at radius 1 is 1.37 bits per heavy atom. The second-order valence-corrected chi connectivity index (χ2v) is 5.99. The van der Waals surface area contributed by atoms with Crippen LogP contribution in [0.25, 0.3) is 0 Å². The summed E-state index contributed by atoms with van der Waals surface area (Å²) in [4.78, 5) is 13.3. The molecule has 0 aromatic heterocycles. The molecule has 2 rings (SSSR count). The summed E-state index contributed by atoms with van der Waals surface area (Å²) >= 11 is 3.51. The predicted molar refractivity (Wildman–Crippen MR) is 80.8 cm³/mol. The molecule has 0 unspecified atom stereocenters. The van der Waals surface area contributed by atoms with Crippen LogP contribution in [0, 0.1) is 5.92 Å². The molecule has 1 fully saturated rings. The van der Waals surface area contributed by atoms with Crippen molar-refractivity contribution in [2.24, 2.45) is 17.4 Å². The van der Waals surface area contributed by atoms with E-state index in [0.717, 1.165) is 36.0 Å². The summed E-state index contributed by atoms with van der Waals surface area (Å²) in [6.07, 6.45) is 2.54. The van der Waals surface area contributed by atoms with Crippen LogP contribution in [0.15, 0.2) is 22.7 Å². The van der Waals surface area contributed by atoms with Crippen LogP contribution in [0.2, 0.25) is 0 Å². The van der Waals surface area contributed by atoms with Gasteiger partial charge in [-0.2, -0.15) is 0 Å². The van der Waals surface area contributed by atoms with Crippen LogP contribution in [-0.2, 0) is 11.3 Å². The van der Waals surface area contributed by atoms with E-state index in [9.17, 15) is 4.79 Å². The van der Waals surface area contributed by atoms with Gasteiger partial charge in [-0.25, -0.2) is 0 Å². The first-order valence-electron chi connectivity index (χ1n) is 6.62. The summed E-state index contributed by atoms with van der Waals surface area (Å²) in [5, 5.41) is 0. The lowest BCUT2D eigenvalue weighted by Gasteiger charge is -2.34. The molecule has 1 aliphatic heterocycles.